The number of nitrogens with one attached hydrogen (secondary N) is 1. The number of hydrogen-bond donors (Lipinski definition) is 1. The van der Waals surface area contributed by atoms with Crippen molar-refractivity contribution in [2.45, 2.75) is 64.2 Å². The molecule has 4 heteroatoms. The molecule has 0 radical (unpaired) electrons. The first kappa shape index (κ1) is 14.8. The number of hydrogen-bond acceptors (Lipinski definition) is 3. The normalized spacial score (nSPS) is 26.0. The van der Waals surface area contributed by atoms with Crippen molar-refractivity contribution in [3.05, 3.63) is 0 Å². The Morgan fingerprint density at radius 2 is 2.00 bits per heavy atom. The lowest BCUT2D eigenvalue weighted by Gasteiger charge is -2.38. The average Bonchev–Trinajstić information content (AvgIpc) is 3.00. The van der Waals surface area contributed by atoms with Crippen LogP contribution in [0.5, 0.6) is 0 Å². The molecule has 19 heavy (non-hydrogen) atoms. The largest absolute Gasteiger partial charge is 0.324 e. The fraction of sp³-hybridized carbons (Fsp3) is 0.933. The van der Waals surface area contributed by atoms with Crippen molar-refractivity contribution in [3.8, 4) is 0 Å². The van der Waals surface area contributed by atoms with E-state index in [-0.39, 0.29) is 17.2 Å². The summed E-state index contributed by atoms with van der Waals surface area (Å²) in [6, 6.07) is 0. The van der Waals surface area contributed by atoms with Crippen molar-refractivity contribution in [1.82, 2.24) is 15.1 Å². The molecule has 0 aromatic heterocycles. The van der Waals surface area contributed by atoms with Gasteiger partial charge in [-0.25, -0.2) is 0 Å². The van der Waals surface area contributed by atoms with Crippen LogP contribution in [0.2, 0.25) is 0 Å². The molecule has 0 bridgehead atoms. The van der Waals surface area contributed by atoms with E-state index in [0.717, 1.165) is 25.8 Å². The molecule has 110 valence electrons. The molecule has 1 unspecified atom stereocenters. The predicted octanol–water partition coefficient (Wildman–Crippen LogP) is 1.66. The SMILES string of the molecule is CC(C)CC1NC2(CC2)C(=O)N1CC(C)(C)N(C)C. The fourth-order valence-corrected chi connectivity index (χ4v) is 2.73. The van der Waals surface area contributed by atoms with Gasteiger partial charge in [-0.3, -0.25) is 10.1 Å². The number of rotatable bonds is 5. The van der Waals surface area contributed by atoms with Crippen LogP contribution in [0.1, 0.15) is 47.0 Å². The van der Waals surface area contributed by atoms with E-state index in [4.69, 9.17) is 0 Å². The Balaban J connectivity index is 2.12. The highest BCUT2D eigenvalue weighted by molar-refractivity contribution is 5.91. The lowest BCUT2D eigenvalue weighted by atomic mass is 10.0. The minimum Gasteiger partial charge on any atom is -0.324 e. The zero-order chi connectivity index (χ0) is 14.4. The second-order valence-corrected chi connectivity index (χ2v) is 7.51. The molecule has 1 saturated carbocycles. The molecular weight excluding hydrogens is 238 g/mol. The number of carbonyl (C=O) groups excluding carboxylic acids is 1. The van der Waals surface area contributed by atoms with Gasteiger partial charge in [-0.2, -0.15) is 0 Å². The molecular formula is C15H29N3O. The summed E-state index contributed by atoms with van der Waals surface area (Å²) in [5, 5.41) is 3.59. The maximum atomic E-state index is 12.6. The number of nitrogens with zero attached hydrogens (tertiary/aromatic N) is 2. The molecule has 4 nitrogen and oxygen atoms in total. The van der Waals surface area contributed by atoms with Crippen LogP contribution in [0, 0.1) is 5.92 Å². The van der Waals surface area contributed by atoms with Gasteiger partial charge in [0, 0.05) is 12.1 Å². The molecule has 2 fully saturated rings. The summed E-state index contributed by atoms with van der Waals surface area (Å²) in [5.41, 5.74) is -0.186. The summed E-state index contributed by atoms with van der Waals surface area (Å²) in [5.74, 6) is 0.928. The van der Waals surface area contributed by atoms with E-state index in [2.05, 4.69) is 56.9 Å². The summed E-state index contributed by atoms with van der Waals surface area (Å²) in [6.07, 6.45) is 3.28. The van der Waals surface area contributed by atoms with E-state index >= 15 is 0 Å². The number of likely N-dealkylation sites (N-methyl/N-ethyl adjacent to an activating group) is 1. The molecule has 0 aromatic carbocycles. The van der Waals surface area contributed by atoms with Crippen molar-refractivity contribution in [2.24, 2.45) is 5.92 Å². The van der Waals surface area contributed by atoms with Gasteiger partial charge in [0.1, 0.15) is 0 Å². The zero-order valence-corrected chi connectivity index (χ0v) is 13.3. The second-order valence-electron chi connectivity index (χ2n) is 7.51. The maximum Gasteiger partial charge on any atom is 0.244 e. The van der Waals surface area contributed by atoms with Crippen LogP contribution in [-0.4, -0.2) is 53.6 Å². The first-order valence-corrected chi connectivity index (χ1v) is 7.44. The van der Waals surface area contributed by atoms with Crippen molar-refractivity contribution in [1.29, 1.82) is 0 Å². The van der Waals surface area contributed by atoms with Crippen LogP contribution in [0.4, 0.5) is 0 Å². The van der Waals surface area contributed by atoms with Gasteiger partial charge in [-0.1, -0.05) is 13.8 Å². The summed E-state index contributed by atoms with van der Waals surface area (Å²) in [4.78, 5) is 16.9. The van der Waals surface area contributed by atoms with Gasteiger partial charge in [0.05, 0.1) is 11.7 Å². The van der Waals surface area contributed by atoms with Crippen molar-refractivity contribution in [2.75, 3.05) is 20.6 Å². The average molecular weight is 267 g/mol. The Bertz CT molecular complexity index is 358. The molecule has 1 aliphatic carbocycles. The molecule has 2 rings (SSSR count). The number of amides is 1. The Hall–Kier alpha value is -0.610. The third-order valence-electron chi connectivity index (χ3n) is 4.70. The molecule has 1 N–H and O–H groups in total. The van der Waals surface area contributed by atoms with Gasteiger partial charge in [-0.15, -0.1) is 0 Å². The Morgan fingerprint density at radius 3 is 2.42 bits per heavy atom. The minimum absolute atomic E-state index is 0.00693. The summed E-state index contributed by atoms with van der Waals surface area (Å²) in [6.45, 7) is 9.64. The van der Waals surface area contributed by atoms with E-state index in [9.17, 15) is 4.79 Å². The number of carbonyl (C=O) groups is 1. The van der Waals surface area contributed by atoms with E-state index in [1.54, 1.807) is 0 Å². The highest BCUT2D eigenvalue weighted by Crippen LogP contribution is 2.43. The van der Waals surface area contributed by atoms with E-state index < -0.39 is 0 Å². The topological polar surface area (TPSA) is 35.6 Å². The van der Waals surface area contributed by atoms with Crippen LogP contribution < -0.4 is 5.32 Å². The summed E-state index contributed by atoms with van der Waals surface area (Å²) in [7, 11) is 4.16. The maximum absolute atomic E-state index is 12.6. The monoisotopic (exact) mass is 267 g/mol. The lowest BCUT2D eigenvalue weighted by Crippen LogP contribution is -2.52. The molecule has 1 aliphatic heterocycles. The highest BCUT2D eigenvalue weighted by atomic mass is 16.2. The van der Waals surface area contributed by atoms with Crippen LogP contribution in [0.15, 0.2) is 0 Å². The third kappa shape index (κ3) is 2.79. The fourth-order valence-electron chi connectivity index (χ4n) is 2.73. The smallest absolute Gasteiger partial charge is 0.244 e. The zero-order valence-electron chi connectivity index (χ0n) is 13.3. The third-order valence-corrected chi connectivity index (χ3v) is 4.70. The Kier molecular flexibility index (Phi) is 3.69. The second kappa shape index (κ2) is 4.74. The molecule has 2 aliphatic rings. The summed E-state index contributed by atoms with van der Waals surface area (Å²) >= 11 is 0. The highest BCUT2D eigenvalue weighted by Gasteiger charge is 2.59. The quantitative estimate of drug-likeness (QED) is 0.823. The van der Waals surface area contributed by atoms with Crippen LogP contribution in [0.25, 0.3) is 0 Å². The van der Waals surface area contributed by atoms with Gasteiger partial charge in [-0.05, 0) is 53.1 Å². The van der Waals surface area contributed by atoms with Gasteiger partial charge in [0.2, 0.25) is 5.91 Å². The van der Waals surface area contributed by atoms with E-state index in [0.29, 0.717) is 11.8 Å². The van der Waals surface area contributed by atoms with Gasteiger partial charge < -0.3 is 9.80 Å². The van der Waals surface area contributed by atoms with Crippen LogP contribution >= 0.6 is 0 Å². The summed E-state index contributed by atoms with van der Waals surface area (Å²) < 4.78 is 0. The molecule has 1 heterocycles. The standard InChI is InChI=1S/C15H29N3O/c1-11(2)9-12-16-15(7-8-15)13(19)18(12)10-14(3,4)17(5)6/h11-12,16H,7-10H2,1-6H3. The molecule has 0 aromatic rings. The first-order chi connectivity index (χ1) is 8.68. The predicted molar refractivity (Wildman–Crippen MR) is 77.8 cm³/mol. The van der Waals surface area contributed by atoms with Gasteiger partial charge in [0.15, 0.2) is 0 Å². The van der Waals surface area contributed by atoms with Crippen molar-refractivity contribution >= 4 is 5.91 Å². The van der Waals surface area contributed by atoms with E-state index in [1.807, 2.05) is 0 Å². The lowest BCUT2D eigenvalue weighted by molar-refractivity contribution is -0.132. The Labute approximate surface area is 117 Å². The van der Waals surface area contributed by atoms with Gasteiger partial charge >= 0.3 is 0 Å². The first-order valence-electron chi connectivity index (χ1n) is 7.44. The van der Waals surface area contributed by atoms with E-state index in [1.165, 1.54) is 0 Å². The molecule has 1 saturated heterocycles. The van der Waals surface area contributed by atoms with Crippen LogP contribution in [-0.2, 0) is 4.79 Å². The molecule has 1 amide bonds. The van der Waals surface area contributed by atoms with Crippen LogP contribution in [0.3, 0.4) is 0 Å². The molecule has 1 spiro atoms. The van der Waals surface area contributed by atoms with Crippen molar-refractivity contribution in [3.63, 3.8) is 0 Å². The van der Waals surface area contributed by atoms with Crippen molar-refractivity contribution < 1.29 is 4.79 Å². The van der Waals surface area contributed by atoms with Gasteiger partial charge in [0.25, 0.3) is 0 Å². The Morgan fingerprint density at radius 1 is 1.42 bits per heavy atom. The molecule has 1 atom stereocenters. The minimum atomic E-state index is -0.193.